The van der Waals surface area contributed by atoms with Crippen molar-refractivity contribution >= 4 is 0 Å². The Hall–Kier alpha value is -0.420. The lowest BCUT2D eigenvalue weighted by Crippen LogP contribution is -2.37. The Morgan fingerprint density at radius 1 is 1.15 bits per heavy atom. The highest BCUT2D eigenvalue weighted by atomic mass is 19.3. The fourth-order valence-corrected chi connectivity index (χ4v) is 0.801. The van der Waals surface area contributed by atoms with Crippen molar-refractivity contribution in [3.8, 4) is 0 Å². The van der Waals surface area contributed by atoms with E-state index in [-0.39, 0.29) is 0 Å². The molecule has 0 saturated carbocycles. The molecule has 0 unspecified atom stereocenters. The summed E-state index contributed by atoms with van der Waals surface area (Å²) in [5.74, 6) is -8.31. The van der Waals surface area contributed by atoms with Crippen LogP contribution in [0.15, 0.2) is 0 Å². The molecule has 13 heavy (non-hydrogen) atoms. The Balaban J connectivity index is 4.32. The quantitative estimate of drug-likeness (QED) is 0.607. The molecular weight excluding hydrogens is 198 g/mol. The molecule has 0 N–H and O–H groups in total. The summed E-state index contributed by atoms with van der Waals surface area (Å²) in [6.07, 6.45) is -5.30. The maximum absolute atomic E-state index is 12.5. The van der Waals surface area contributed by atoms with E-state index in [9.17, 15) is 26.3 Å². The van der Waals surface area contributed by atoms with Crippen LogP contribution >= 0.6 is 0 Å². The maximum atomic E-state index is 12.5. The van der Waals surface area contributed by atoms with Gasteiger partial charge in [-0.05, 0) is 6.42 Å². The van der Waals surface area contributed by atoms with Gasteiger partial charge in [0.15, 0.2) is 12.8 Å². The van der Waals surface area contributed by atoms with E-state index < -0.39 is 37.5 Å². The maximum Gasteiger partial charge on any atom is 0.284 e. The second-order valence-corrected chi connectivity index (χ2v) is 2.80. The molecule has 80 valence electrons. The van der Waals surface area contributed by atoms with Gasteiger partial charge in [-0.3, -0.25) is 0 Å². The average Bonchev–Trinajstić information content (AvgIpc) is 2.01. The summed E-state index contributed by atoms with van der Waals surface area (Å²) in [6, 6.07) is 0. The first-order valence-corrected chi connectivity index (χ1v) is 3.71. The van der Waals surface area contributed by atoms with Gasteiger partial charge in [0.2, 0.25) is 0 Å². The van der Waals surface area contributed by atoms with Crippen LogP contribution in [0.4, 0.5) is 26.3 Å². The van der Waals surface area contributed by atoms with Crippen LogP contribution < -0.4 is 0 Å². The van der Waals surface area contributed by atoms with Crippen molar-refractivity contribution in [2.75, 3.05) is 6.67 Å². The summed E-state index contributed by atoms with van der Waals surface area (Å²) in [5.41, 5.74) is 0. The molecule has 0 amide bonds. The van der Waals surface area contributed by atoms with Crippen molar-refractivity contribution in [1.82, 2.24) is 0 Å². The van der Waals surface area contributed by atoms with Crippen LogP contribution in [0.5, 0.6) is 0 Å². The van der Waals surface area contributed by atoms with E-state index in [1.807, 2.05) is 0 Å². The van der Waals surface area contributed by atoms with E-state index in [1.54, 1.807) is 0 Å². The predicted molar refractivity (Wildman–Crippen MR) is 35.7 cm³/mol. The third-order valence-corrected chi connectivity index (χ3v) is 1.51. The smallest absolute Gasteiger partial charge is 0.244 e. The first kappa shape index (κ1) is 12.6. The average molecular weight is 208 g/mol. The highest BCUT2D eigenvalue weighted by Crippen LogP contribution is 2.35. The molecule has 0 saturated heterocycles. The lowest BCUT2D eigenvalue weighted by molar-refractivity contribution is -0.151. The molecule has 0 fully saturated rings. The van der Waals surface area contributed by atoms with E-state index in [2.05, 4.69) is 0 Å². The van der Waals surface area contributed by atoms with Gasteiger partial charge in [0.05, 0.1) is 6.42 Å². The van der Waals surface area contributed by atoms with Gasteiger partial charge in [-0.2, -0.15) is 0 Å². The topological polar surface area (TPSA) is 0 Å². The number of halogens is 6. The van der Waals surface area contributed by atoms with Gasteiger partial charge in [-0.25, -0.2) is 26.3 Å². The van der Waals surface area contributed by atoms with Gasteiger partial charge in [-0.15, -0.1) is 0 Å². The zero-order valence-corrected chi connectivity index (χ0v) is 6.97. The Morgan fingerprint density at radius 3 is 1.92 bits per heavy atom. The van der Waals surface area contributed by atoms with Crippen LogP contribution in [0, 0.1) is 0 Å². The summed E-state index contributed by atoms with van der Waals surface area (Å²) in [5, 5.41) is 0. The molecule has 1 atom stereocenters. The van der Waals surface area contributed by atoms with Crippen molar-refractivity contribution in [1.29, 1.82) is 0 Å². The van der Waals surface area contributed by atoms with Crippen LogP contribution in [-0.2, 0) is 0 Å². The molecule has 0 aromatic rings. The van der Waals surface area contributed by atoms with E-state index in [0.717, 1.165) is 6.92 Å². The van der Waals surface area contributed by atoms with Crippen molar-refractivity contribution in [2.24, 2.45) is 0 Å². The molecule has 0 aromatic heterocycles. The van der Waals surface area contributed by atoms with E-state index in [0.29, 0.717) is 0 Å². The monoisotopic (exact) mass is 208 g/mol. The lowest BCUT2D eigenvalue weighted by Gasteiger charge is -2.23. The van der Waals surface area contributed by atoms with E-state index in [4.69, 9.17) is 0 Å². The molecule has 0 aliphatic rings. The molecule has 0 aromatic carbocycles. The van der Waals surface area contributed by atoms with E-state index >= 15 is 0 Å². The summed E-state index contributed by atoms with van der Waals surface area (Å²) < 4.78 is 73.0. The fourth-order valence-electron chi connectivity index (χ4n) is 0.801. The second-order valence-electron chi connectivity index (χ2n) is 2.80. The van der Waals surface area contributed by atoms with Gasteiger partial charge in [-0.1, -0.05) is 6.92 Å². The first-order valence-electron chi connectivity index (χ1n) is 3.71. The van der Waals surface area contributed by atoms with Gasteiger partial charge < -0.3 is 0 Å². The molecule has 0 aliphatic heterocycles. The number of hydrogen-bond donors (Lipinski definition) is 0. The van der Waals surface area contributed by atoms with Gasteiger partial charge in [0.25, 0.3) is 11.8 Å². The third-order valence-electron chi connectivity index (χ3n) is 1.51. The summed E-state index contributed by atoms with van der Waals surface area (Å²) in [4.78, 5) is 0. The molecule has 0 nitrogen and oxygen atoms in total. The fraction of sp³-hybridized carbons (Fsp3) is 1.00. The predicted octanol–water partition coefficient (Wildman–Crippen LogP) is 3.36. The standard InChI is InChI=1S/C7H10F6/c1-2-5(9)7(12,13)3-6(10,11)4-8/h5H,2-4H2,1H3/t5-/m0/s1. The van der Waals surface area contributed by atoms with Crippen molar-refractivity contribution in [3.05, 3.63) is 0 Å². The highest BCUT2D eigenvalue weighted by molar-refractivity contribution is 4.82. The molecular formula is C7H10F6. The zero-order chi connectivity index (χ0) is 10.7. The third kappa shape index (κ3) is 3.87. The minimum atomic E-state index is -4.16. The van der Waals surface area contributed by atoms with E-state index in [1.165, 1.54) is 0 Å². The Bertz CT molecular complexity index is 155. The Labute approximate surface area is 71.9 Å². The SMILES string of the molecule is CC[C@H](F)C(F)(F)CC(F)(F)CF. The summed E-state index contributed by atoms with van der Waals surface area (Å²) >= 11 is 0. The van der Waals surface area contributed by atoms with Crippen LogP contribution in [-0.4, -0.2) is 24.7 Å². The molecule has 0 radical (unpaired) electrons. The second kappa shape index (κ2) is 4.19. The van der Waals surface area contributed by atoms with Crippen LogP contribution in [0.25, 0.3) is 0 Å². The normalized spacial score (nSPS) is 15.9. The molecule has 0 spiro atoms. The van der Waals surface area contributed by atoms with Crippen LogP contribution in [0.3, 0.4) is 0 Å². The Kier molecular flexibility index (Phi) is 4.06. The zero-order valence-electron chi connectivity index (χ0n) is 6.97. The highest BCUT2D eigenvalue weighted by Gasteiger charge is 2.48. The molecule has 0 bridgehead atoms. The molecule has 6 heteroatoms. The number of rotatable bonds is 5. The molecule has 0 aliphatic carbocycles. The molecule has 0 rings (SSSR count). The largest absolute Gasteiger partial charge is 0.284 e. The van der Waals surface area contributed by atoms with Crippen molar-refractivity contribution in [3.63, 3.8) is 0 Å². The van der Waals surface area contributed by atoms with Gasteiger partial charge in [0.1, 0.15) is 0 Å². The van der Waals surface area contributed by atoms with Gasteiger partial charge >= 0.3 is 0 Å². The van der Waals surface area contributed by atoms with Gasteiger partial charge in [0, 0.05) is 0 Å². The number of alkyl halides is 6. The lowest BCUT2D eigenvalue weighted by atomic mass is 10.0. The minimum absolute atomic E-state index is 0.574. The van der Waals surface area contributed by atoms with Crippen molar-refractivity contribution < 1.29 is 26.3 Å². The summed E-state index contributed by atoms with van der Waals surface area (Å²) in [7, 11) is 0. The summed E-state index contributed by atoms with van der Waals surface area (Å²) in [6.45, 7) is -1.09. The van der Waals surface area contributed by atoms with Crippen LogP contribution in [0.2, 0.25) is 0 Å². The molecule has 0 heterocycles. The first-order chi connectivity index (χ1) is 5.75. The Morgan fingerprint density at radius 2 is 1.62 bits per heavy atom. The minimum Gasteiger partial charge on any atom is -0.244 e. The van der Waals surface area contributed by atoms with Crippen molar-refractivity contribution in [2.45, 2.75) is 37.8 Å². The van der Waals surface area contributed by atoms with Crippen LogP contribution in [0.1, 0.15) is 19.8 Å². The number of hydrogen-bond acceptors (Lipinski definition) is 0.